The molecule has 0 N–H and O–H groups in total. The van der Waals surface area contributed by atoms with Gasteiger partial charge in [0.2, 0.25) is 0 Å². The molecule has 0 spiro atoms. The van der Waals surface area contributed by atoms with Gasteiger partial charge in [0.1, 0.15) is 5.15 Å². The van der Waals surface area contributed by atoms with E-state index in [-0.39, 0.29) is 0 Å². The highest BCUT2D eigenvalue weighted by Gasteiger charge is 2.02. The van der Waals surface area contributed by atoms with Crippen LogP contribution in [0.2, 0.25) is 5.15 Å². The summed E-state index contributed by atoms with van der Waals surface area (Å²) >= 11 is 6.19. The molecule has 0 fully saturated rings. The molecule has 0 atom stereocenters. The van der Waals surface area contributed by atoms with Gasteiger partial charge in [0.05, 0.1) is 17.9 Å². The molecule has 0 aliphatic heterocycles. The molecule has 0 aliphatic rings. The summed E-state index contributed by atoms with van der Waals surface area (Å²) in [6, 6.07) is 17.8. The lowest BCUT2D eigenvalue weighted by molar-refractivity contribution is 1.13. The number of para-hydroxylation sites is 1. The smallest absolute Gasteiger partial charge is 0.138 e. The lowest BCUT2D eigenvalue weighted by Crippen LogP contribution is -2.08. The first-order valence-corrected chi connectivity index (χ1v) is 7.90. The minimum atomic E-state index is 0.419. The van der Waals surface area contributed by atoms with Crippen LogP contribution in [-0.4, -0.2) is 31.5 Å². The van der Waals surface area contributed by atoms with Crippen LogP contribution >= 0.6 is 11.6 Å². The summed E-state index contributed by atoms with van der Waals surface area (Å²) in [6.45, 7) is 0. The predicted molar refractivity (Wildman–Crippen MR) is 103 cm³/mol. The number of hydrogen-bond donors (Lipinski definition) is 0. The fourth-order valence-corrected chi connectivity index (χ4v) is 2.45. The zero-order valence-electron chi connectivity index (χ0n) is 13.5. The van der Waals surface area contributed by atoms with Crippen molar-refractivity contribution in [3.63, 3.8) is 0 Å². The van der Waals surface area contributed by atoms with E-state index < -0.39 is 0 Å². The van der Waals surface area contributed by atoms with Crippen LogP contribution < -0.4 is 4.90 Å². The quantitative estimate of drug-likeness (QED) is 0.402. The van der Waals surface area contributed by atoms with Gasteiger partial charge < -0.3 is 4.90 Å². The Balaban J connectivity index is 1.75. The maximum Gasteiger partial charge on any atom is 0.138 e. The van der Waals surface area contributed by atoms with E-state index >= 15 is 0 Å². The van der Waals surface area contributed by atoms with Crippen molar-refractivity contribution in [3.05, 3.63) is 70.9 Å². The first-order chi connectivity index (χ1) is 11.6. The minimum absolute atomic E-state index is 0.419. The molecule has 0 saturated heterocycles. The van der Waals surface area contributed by atoms with Gasteiger partial charge in [0.25, 0.3) is 0 Å². The third-order valence-corrected chi connectivity index (χ3v) is 3.89. The van der Waals surface area contributed by atoms with E-state index in [1.54, 1.807) is 12.4 Å². The first-order valence-electron chi connectivity index (χ1n) is 7.52. The van der Waals surface area contributed by atoms with Crippen LogP contribution in [0, 0.1) is 0 Å². The Bertz CT molecular complexity index is 899. The molecule has 24 heavy (non-hydrogen) atoms. The fraction of sp³-hybridized carbons (Fsp3) is 0.105. The van der Waals surface area contributed by atoms with Crippen molar-refractivity contribution in [2.45, 2.75) is 0 Å². The summed E-state index contributed by atoms with van der Waals surface area (Å²) in [7, 11) is 4.02. The van der Waals surface area contributed by atoms with Crippen LogP contribution in [0.4, 0.5) is 5.69 Å². The number of pyridine rings is 1. The average molecular weight is 337 g/mol. The van der Waals surface area contributed by atoms with Gasteiger partial charge in [-0.1, -0.05) is 41.9 Å². The monoisotopic (exact) mass is 336 g/mol. The number of halogens is 1. The number of fused-ring (bicyclic) bond motifs is 1. The fourth-order valence-electron chi connectivity index (χ4n) is 2.25. The van der Waals surface area contributed by atoms with E-state index in [2.05, 4.69) is 15.2 Å². The van der Waals surface area contributed by atoms with Gasteiger partial charge in [-0.15, -0.1) is 0 Å². The van der Waals surface area contributed by atoms with Crippen molar-refractivity contribution in [1.82, 2.24) is 4.98 Å². The SMILES string of the molecule is CN(C)c1ccc(C=NN=Cc2cc3ccccc3nc2Cl)cc1. The molecule has 1 heterocycles. The molecule has 120 valence electrons. The van der Waals surface area contributed by atoms with E-state index in [9.17, 15) is 0 Å². The van der Waals surface area contributed by atoms with E-state index in [0.717, 1.165) is 27.7 Å². The molecule has 3 aromatic rings. The highest BCUT2D eigenvalue weighted by molar-refractivity contribution is 6.32. The molecule has 3 rings (SSSR count). The minimum Gasteiger partial charge on any atom is -0.378 e. The third kappa shape index (κ3) is 3.78. The zero-order valence-corrected chi connectivity index (χ0v) is 14.3. The topological polar surface area (TPSA) is 40.9 Å². The average Bonchev–Trinajstić information content (AvgIpc) is 2.59. The summed E-state index contributed by atoms with van der Waals surface area (Å²) < 4.78 is 0. The Labute approximate surface area is 146 Å². The third-order valence-electron chi connectivity index (χ3n) is 3.58. The van der Waals surface area contributed by atoms with Gasteiger partial charge in [0.15, 0.2) is 0 Å². The van der Waals surface area contributed by atoms with Gasteiger partial charge in [0, 0.05) is 30.7 Å². The molecule has 0 bridgehead atoms. The number of nitrogens with zero attached hydrogens (tertiary/aromatic N) is 4. The van der Waals surface area contributed by atoms with Gasteiger partial charge in [-0.25, -0.2) is 4.98 Å². The van der Waals surface area contributed by atoms with E-state index in [1.807, 2.05) is 73.6 Å². The van der Waals surface area contributed by atoms with Crippen LogP contribution in [0.3, 0.4) is 0 Å². The lowest BCUT2D eigenvalue weighted by Gasteiger charge is -2.11. The van der Waals surface area contributed by atoms with Gasteiger partial charge >= 0.3 is 0 Å². The summed E-state index contributed by atoms with van der Waals surface area (Å²) in [6.07, 6.45) is 3.32. The molecule has 0 radical (unpaired) electrons. The second-order valence-electron chi connectivity index (χ2n) is 5.54. The maximum absolute atomic E-state index is 6.19. The Morgan fingerprint density at radius 1 is 0.958 bits per heavy atom. The Kier molecular flexibility index (Phi) is 4.87. The van der Waals surface area contributed by atoms with E-state index in [4.69, 9.17) is 11.6 Å². The Morgan fingerprint density at radius 3 is 2.42 bits per heavy atom. The van der Waals surface area contributed by atoms with Crippen molar-refractivity contribution in [2.24, 2.45) is 10.2 Å². The van der Waals surface area contributed by atoms with E-state index in [0.29, 0.717) is 5.15 Å². The molecule has 4 nitrogen and oxygen atoms in total. The number of aromatic nitrogens is 1. The van der Waals surface area contributed by atoms with Gasteiger partial charge in [-0.3, -0.25) is 0 Å². The number of benzene rings is 2. The molecule has 1 aromatic heterocycles. The highest BCUT2D eigenvalue weighted by atomic mass is 35.5. The molecular weight excluding hydrogens is 320 g/mol. The molecule has 0 aliphatic carbocycles. The van der Waals surface area contributed by atoms with Gasteiger partial charge in [-0.2, -0.15) is 10.2 Å². The van der Waals surface area contributed by atoms with Crippen molar-refractivity contribution in [2.75, 3.05) is 19.0 Å². The largest absolute Gasteiger partial charge is 0.378 e. The lowest BCUT2D eigenvalue weighted by atomic mass is 10.2. The zero-order chi connectivity index (χ0) is 16.9. The standard InChI is InChI=1S/C19H17ClN4/c1-24(2)17-9-7-14(8-10-17)12-21-22-13-16-11-15-5-3-4-6-18(15)23-19(16)20/h3-13H,1-2H3. The molecule has 0 saturated carbocycles. The van der Waals surface area contributed by atoms with Crippen LogP contribution in [0.5, 0.6) is 0 Å². The second-order valence-corrected chi connectivity index (χ2v) is 5.89. The van der Waals surface area contributed by atoms with Crippen LogP contribution in [0.1, 0.15) is 11.1 Å². The molecular formula is C19H17ClN4. The summed E-state index contributed by atoms with van der Waals surface area (Å²) in [5, 5.41) is 9.59. The Morgan fingerprint density at radius 2 is 1.67 bits per heavy atom. The van der Waals surface area contributed by atoms with E-state index in [1.165, 1.54) is 0 Å². The summed E-state index contributed by atoms with van der Waals surface area (Å²) in [4.78, 5) is 6.41. The summed E-state index contributed by atoms with van der Waals surface area (Å²) in [5.74, 6) is 0. The number of hydrogen-bond acceptors (Lipinski definition) is 4. The van der Waals surface area contributed by atoms with Crippen molar-refractivity contribution >= 4 is 40.6 Å². The molecule has 0 unspecified atom stereocenters. The number of anilines is 1. The van der Waals surface area contributed by atoms with Crippen molar-refractivity contribution in [1.29, 1.82) is 0 Å². The predicted octanol–water partition coefficient (Wildman–Crippen LogP) is 4.41. The molecule has 0 amide bonds. The van der Waals surface area contributed by atoms with Crippen LogP contribution in [0.25, 0.3) is 10.9 Å². The Hall–Kier alpha value is -2.72. The number of rotatable bonds is 4. The van der Waals surface area contributed by atoms with Crippen molar-refractivity contribution < 1.29 is 0 Å². The van der Waals surface area contributed by atoms with Crippen LogP contribution in [-0.2, 0) is 0 Å². The molecule has 2 aromatic carbocycles. The normalized spacial score (nSPS) is 11.6. The summed E-state index contributed by atoms with van der Waals surface area (Å²) in [5.41, 5.74) is 3.74. The first kappa shape index (κ1) is 16.1. The second kappa shape index (κ2) is 7.23. The highest BCUT2D eigenvalue weighted by Crippen LogP contribution is 2.19. The van der Waals surface area contributed by atoms with Crippen LogP contribution in [0.15, 0.2) is 64.8 Å². The van der Waals surface area contributed by atoms with Crippen molar-refractivity contribution in [3.8, 4) is 0 Å². The maximum atomic E-state index is 6.19. The molecule has 5 heteroatoms. The van der Waals surface area contributed by atoms with Gasteiger partial charge in [-0.05, 0) is 29.8 Å².